The molecular weight excluding hydrogens is 294 g/mol. The van der Waals surface area contributed by atoms with E-state index in [0.29, 0.717) is 29.8 Å². The van der Waals surface area contributed by atoms with Gasteiger partial charge in [-0.05, 0) is 47.8 Å². The Kier molecular flexibility index (Phi) is 3.94. The third kappa shape index (κ3) is 2.86. The number of hydrogen-bond donors (Lipinski definition) is 0. The van der Waals surface area contributed by atoms with Crippen molar-refractivity contribution in [3.63, 3.8) is 0 Å². The standard InChI is InChI=1S/C18H25NO2S/c1-18(2,3)16-8-10-17(11-9-16)22(20,21)19-12-14-6-4-5-7-15(14)13-19/h4-5,8-11,14-15H,6-7,12-13H2,1-3H3. The summed E-state index contributed by atoms with van der Waals surface area (Å²) in [7, 11) is -3.35. The van der Waals surface area contributed by atoms with Crippen LogP contribution in [0, 0.1) is 11.8 Å². The fourth-order valence-electron chi connectivity index (χ4n) is 3.44. The number of rotatable bonds is 2. The summed E-state index contributed by atoms with van der Waals surface area (Å²) in [6, 6.07) is 7.40. The molecule has 1 saturated heterocycles. The van der Waals surface area contributed by atoms with Crippen LogP contribution in [-0.4, -0.2) is 25.8 Å². The quantitative estimate of drug-likeness (QED) is 0.782. The number of nitrogens with zero attached hydrogens (tertiary/aromatic N) is 1. The smallest absolute Gasteiger partial charge is 0.207 e. The highest BCUT2D eigenvalue weighted by atomic mass is 32.2. The first kappa shape index (κ1) is 15.8. The van der Waals surface area contributed by atoms with Crippen molar-refractivity contribution in [2.75, 3.05) is 13.1 Å². The third-order valence-electron chi connectivity index (χ3n) is 4.95. The Morgan fingerprint density at radius 2 is 1.45 bits per heavy atom. The Balaban J connectivity index is 1.82. The van der Waals surface area contributed by atoms with Gasteiger partial charge in [-0.1, -0.05) is 45.1 Å². The van der Waals surface area contributed by atoms with E-state index in [4.69, 9.17) is 0 Å². The molecule has 1 aromatic carbocycles. The number of benzene rings is 1. The zero-order valence-corrected chi connectivity index (χ0v) is 14.4. The molecule has 0 N–H and O–H groups in total. The molecule has 0 bridgehead atoms. The summed E-state index contributed by atoms with van der Waals surface area (Å²) >= 11 is 0. The number of fused-ring (bicyclic) bond motifs is 1. The van der Waals surface area contributed by atoms with E-state index in [1.54, 1.807) is 16.4 Å². The molecule has 2 aliphatic rings. The molecule has 3 rings (SSSR count). The lowest BCUT2D eigenvalue weighted by molar-refractivity contribution is 0.411. The maximum Gasteiger partial charge on any atom is 0.243 e. The highest BCUT2D eigenvalue weighted by Gasteiger charge is 2.39. The lowest BCUT2D eigenvalue weighted by atomic mass is 9.86. The van der Waals surface area contributed by atoms with Crippen LogP contribution in [-0.2, 0) is 15.4 Å². The van der Waals surface area contributed by atoms with Crippen LogP contribution in [0.1, 0.15) is 39.2 Å². The Labute approximate surface area is 134 Å². The summed E-state index contributed by atoms with van der Waals surface area (Å²) < 4.78 is 27.4. The van der Waals surface area contributed by atoms with E-state index in [9.17, 15) is 8.42 Å². The average molecular weight is 319 g/mol. The molecule has 1 fully saturated rings. The monoisotopic (exact) mass is 319 g/mol. The molecular formula is C18H25NO2S. The van der Waals surface area contributed by atoms with E-state index in [1.165, 1.54) is 0 Å². The van der Waals surface area contributed by atoms with Crippen LogP contribution in [0.15, 0.2) is 41.3 Å². The van der Waals surface area contributed by atoms with E-state index in [2.05, 4.69) is 32.9 Å². The van der Waals surface area contributed by atoms with Gasteiger partial charge in [0.1, 0.15) is 0 Å². The van der Waals surface area contributed by atoms with E-state index in [-0.39, 0.29) is 5.41 Å². The van der Waals surface area contributed by atoms with Crippen molar-refractivity contribution in [1.29, 1.82) is 0 Å². The molecule has 4 heteroatoms. The minimum Gasteiger partial charge on any atom is -0.207 e. The highest BCUT2D eigenvalue weighted by Crippen LogP contribution is 2.35. The van der Waals surface area contributed by atoms with Crippen LogP contribution in [0.25, 0.3) is 0 Å². The van der Waals surface area contributed by atoms with Crippen LogP contribution in [0.5, 0.6) is 0 Å². The van der Waals surface area contributed by atoms with Crippen molar-refractivity contribution < 1.29 is 8.42 Å². The number of sulfonamides is 1. The molecule has 0 spiro atoms. The topological polar surface area (TPSA) is 37.4 Å². The van der Waals surface area contributed by atoms with Crippen LogP contribution >= 0.6 is 0 Å². The normalized spacial score (nSPS) is 26.1. The summed E-state index contributed by atoms with van der Waals surface area (Å²) in [5.74, 6) is 0.988. The first-order valence-electron chi connectivity index (χ1n) is 8.04. The Morgan fingerprint density at radius 3 is 1.91 bits per heavy atom. The van der Waals surface area contributed by atoms with Gasteiger partial charge in [0.2, 0.25) is 10.0 Å². The summed E-state index contributed by atoms with van der Waals surface area (Å²) in [6.07, 6.45) is 6.41. The Bertz CT molecular complexity index is 652. The van der Waals surface area contributed by atoms with E-state index >= 15 is 0 Å². The number of allylic oxidation sites excluding steroid dienone is 2. The van der Waals surface area contributed by atoms with E-state index in [1.807, 2.05) is 12.1 Å². The minimum absolute atomic E-state index is 0.0382. The third-order valence-corrected chi connectivity index (χ3v) is 6.79. The first-order chi connectivity index (χ1) is 10.3. The second-order valence-electron chi connectivity index (χ2n) is 7.56. The van der Waals surface area contributed by atoms with Gasteiger partial charge in [0, 0.05) is 13.1 Å². The van der Waals surface area contributed by atoms with Gasteiger partial charge in [0.05, 0.1) is 4.90 Å². The van der Waals surface area contributed by atoms with Gasteiger partial charge in [-0.25, -0.2) is 8.42 Å². The lowest BCUT2D eigenvalue weighted by Crippen LogP contribution is -2.29. The second-order valence-corrected chi connectivity index (χ2v) is 9.50. The Hall–Kier alpha value is -1.13. The lowest BCUT2D eigenvalue weighted by Gasteiger charge is -2.20. The molecule has 1 aliphatic heterocycles. The van der Waals surface area contributed by atoms with Crippen molar-refractivity contribution in [3.8, 4) is 0 Å². The summed E-state index contributed by atoms with van der Waals surface area (Å²) in [4.78, 5) is 0.423. The molecule has 2 unspecified atom stereocenters. The molecule has 2 atom stereocenters. The fraction of sp³-hybridized carbons (Fsp3) is 0.556. The maximum absolute atomic E-state index is 12.8. The predicted octanol–water partition coefficient (Wildman–Crippen LogP) is 3.57. The molecule has 1 heterocycles. The second kappa shape index (κ2) is 5.50. The van der Waals surface area contributed by atoms with E-state index < -0.39 is 10.0 Å². The van der Waals surface area contributed by atoms with Gasteiger partial charge >= 0.3 is 0 Å². The van der Waals surface area contributed by atoms with Gasteiger partial charge in [-0.15, -0.1) is 0 Å². The van der Waals surface area contributed by atoms with Gasteiger partial charge in [0.15, 0.2) is 0 Å². The molecule has 0 aromatic heterocycles. The fourth-order valence-corrected chi connectivity index (χ4v) is 5.00. The highest BCUT2D eigenvalue weighted by molar-refractivity contribution is 7.89. The predicted molar refractivity (Wildman–Crippen MR) is 89.3 cm³/mol. The molecule has 1 aliphatic carbocycles. The minimum atomic E-state index is -3.35. The van der Waals surface area contributed by atoms with Crippen molar-refractivity contribution in [2.45, 2.75) is 43.9 Å². The Morgan fingerprint density at radius 1 is 0.955 bits per heavy atom. The SMILES string of the molecule is CC(C)(C)c1ccc(S(=O)(=O)N2CC3CC=CCC3C2)cc1. The molecule has 22 heavy (non-hydrogen) atoms. The zero-order valence-electron chi connectivity index (χ0n) is 13.6. The average Bonchev–Trinajstić information content (AvgIpc) is 2.91. The van der Waals surface area contributed by atoms with Crippen molar-refractivity contribution in [3.05, 3.63) is 42.0 Å². The molecule has 3 nitrogen and oxygen atoms in total. The maximum atomic E-state index is 12.8. The summed E-state index contributed by atoms with van der Waals surface area (Å²) in [6.45, 7) is 7.73. The largest absolute Gasteiger partial charge is 0.243 e. The van der Waals surface area contributed by atoms with Gasteiger partial charge in [0.25, 0.3) is 0 Å². The zero-order chi connectivity index (χ0) is 16.0. The molecule has 0 radical (unpaired) electrons. The molecule has 0 saturated carbocycles. The van der Waals surface area contributed by atoms with Crippen LogP contribution in [0.2, 0.25) is 0 Å². The summed E-state index contributed by atoms with van der Waals surface area (Å²) in [5, 5.41) is 0. The van der Waals surface area contributed by atoms with Gasteiger partial charge < -0.3 is 0 Å². The van der Waals surface area contributed by atoms with Crippen molar-refractivity contribution in [1.82, 2.24) is 4.31 Å². The summed E-state index contributed by atoms with van der Waals surface area (Å²) in [5.41, 5.74) is 1.20. The van der Waals surface area contributed by atoms with Crippen molar-refractivity contribution >= 4 is 10.0 Å². The van der Waals surface area contributed by atoms with Crippen LogP contribution in [0.3, 0.4) is 0 Å². The molecule has 120 valence electrons. The van der Waals surface area contributed by atoms with Crippen molar-refractivity contribution in [2.24, 2.45) is 11.8 Å². The first-order valence-corrected chi connectivity index (χ1v) is 9.48. The molecule has 0 amide bonds. The van der Waals surface area contributed by atoms with E-state index in [0.717, 1.165) is 18.4 Å². The van der Waals surface area contributed by atoms with Crippen LogP contribution < -0.4 is 0 Å². The van der Waals surface area contributed by atoms with Gasteiger partial charge in [-0.2, -0.15) is 4.31 Å². The van der Waals surface area contributed by atoms with Crippen LogP contribution in [0.4, 0.5) is 0 Å². The molecule has 1 aromatic rings. The number of hydrogen-bond acceptors (Lipinski definition) is 2. The van der Waals surface area contributed by atoms with Gasteiger partial charge in [-0.3, -0.25) is 0 Å².